The lowest BCUT2D eigenvalue weighted by Gasteiger charge is -2.36. The van der Waals surface area contributed by atoms with Gasteiger partial charge in [-0.3, -0.25) is 15.0 Å². The van der Waals surface area contributed by atoms with Crippen molar-refractivity contribution in [1.29, 1.82) is 0 Å². The normalized spacial score (nSPS) is 16.4. The summed E-state index contributed by atoms with van der Waals surface area (Å²) < 4.78 is 41.4. The second kappa shape index (κ2) is 8.56. The third-order valence-corrected chi connectivity index (χ3v) is 5.13. The van der Waals surface area contributed by atoms with E-state index >= 15 is 0 Å². The number of nitrogens with zero attached hydrogens (tertiary/aromatic N) is 2. The van der Waals surface area contributed by atoms with Gasteiger partial charge in [0.05, 0.1) is 15.4 Å². The molecular formula is C18H17BrF3N3O4. The molecule has 0 amide bonds. The van der Waals surface area contributed by atoms with Gasteiger partial charge >= 0.3 is 6.36 Å². The van der Waals surface area contributed by atoms with Crippen LogP contribution in [0.3, 0.4) is 0 Å². The van der Waals surface area contributed by atoms with Crippen LogP contribution in [0.15, 0.2) is 40.9 Å². The maximum absolute atomic E-state index is 12.4. The van der Waals surface area contributed by atoms with Crippen molar-refractivity contribution < 1.29 is 27.9 Å². The third kappa shape index (κ3) is 5.17. The smallest absolute Gasteiger partial charge is 0.506 e. The summed E-state index contributed by atoms with van der Waals surface area (Å²) >= 11 is 3.14. The molecule has 11 heteroatoms. The first-order valence-electron chi connectivity index (χ1n) is 8.63. The van der Waals surface area contributed by atoms with E-state index in [0.717, 1.165) is 0 Å². The second-order valence-electron chi connectivity index (χ2n) is 6.43. The molecule has 1 aliphatic rings. The Morgan fingerprint density at radius 2 is 1.83 bits per heavy atom. The minimum Gasteiger partial charge on any atom is -0.506 e. The number of non-ortho nitro benzene ring substituents is 1. The molecular weight excluding hydrogens is 459 g/mol. The van der Waals surface area contributed by atoms with Crippen LogP contribution in [0.1, 0.15) is 17.2 Å². The van der Waals surface area contributed by atoms with Crippen molar-refractivity contribution in [2.45, 2.75) is 12.4 Å². The Labute approximate surface area is 172 Å². The third-order valence-electron chi connectivity index (χ3n) is 4.53. The average Bonchev–Trinajstić information content (AvgIpc) is 2.66. The highest BCUT2D eigenvalue weighted by atomic mass is 79.9. The van der Waals surface area contributed by atoms with Gasteiger partial charge in [-0.05, 0) is 33.6 Å². The van der Waals surface area contributed by atoms with Gasteiger partial charge in [0.2, 0.25) is 0 Å². The van der Waals surface area contributed by atoms with Crippen LogP contribution < -0.4 is 10.1 Å². The molecule has 2 aromatic rings. The van der Waals surface area contributed by atoms with Gasteiger partial charge in [-0.25, -0.2) is 0 Å². The zero-order valence-electron chi connectivity index (χ0n) is 14.9. The number of piperazine rings is 1. The highest BCUT2D eigenvalue weighted by Crippen LogP contribution is 2.41. The summed E-state index contributed by atoms with van der Waals surface area (Å²) in [6.07, 6.45) is -4.80. The van der Waals surface area contributed by atoms with E-state index in [1.54, 1.807) is 0 Å². The van der Waals surface area contributed by atoms with Crippen molar-refractivity contribution in [3.05, 3.63) is 62.1 Å². The van der Waals surface area contributed by atoms with E-state index in [-0.39, 0.29) is 27.2 Å². The lowest BCUT2D eigenvalue weighted by molar-refractivity contribution is -0.385. The molecule has 1 atom stereocenters. The molecule has 2 N–H and O–H groups in total. The maximum Gasteiger partial charge on any atom is 0.573 e. The van der Waals surface area contributed by atoms with Gasteiger partial charge in [0.25, 0.3) is 5.69 Å². The van der Waals surface area contributed by atoms with Crippen LogP contribution in [-0.4, -0.2) is 47.5 Å². The summed E-state index contributed by atoms with van der Waals surface area (Å²) in [4.78, 5) is 12.7. The number of phenols is 1. The highest BCUT2D eigenvalue weighted by molar-refractivity contribution is 9.10. The van der Waals surface area contributed by atoms with Gasteiger partial charge in [-0.2, -0.15) is 0 Å². The molecule has 0 bridgehead atoms. The number of benzene rings is 2. The number of rotatable bonds is 5. The van der Waals surface area contributed by atoms with Crippen molar-refractivity contribution in [2.24, 2.45) is 0 Å². The molecule has 2 aromatic carbocycles. The molecule has 29 heavy (non-hydrogen) atoms. The lowest BCUT2D eigenvalue weighted by atomic mass is 9.95. The van der Waals surface area contributed by atoms with E-state index in [4.69, 9.17) is 0 Å². The van der Waals surface area contributed by atoms with Crippen LogP contribution >= 0.6 is 15.9 Å². The Hall–Kier alpha value is -2.37. The Morgan fingerprint density at radius 1 is 1.21 bits per heavy atom. The zero-order chi connectivity index (χ0) is 21.2. The lowest BCUT2D eigenvalue weighted by Crippen LogP contribution is -2.45. The van der Waals surface area contributed by atoms with Crippen LogP contribution in [0, 0.1) is 10.1 Å². The van der Waals surface area contributed by atoms with Gasteiger partial charge < -0.3 is 15.2 Å². The molecule has 0 saturated carbocycles. The highest BCUT2D eigenvalue weighted by Gasteiger charge is 2.32. The van der Waals surface area contributed by atoms with Crippen molar-refractivity contribution in [1.82, 2.24) is 10.2 Å². The molecule has 156 valence electrons. The quantitative estimate of drug-likeness (QED) is 0.502. The molecule has 0 unspecified atom stereocenters. The van der Waals surface area contributed by atoms with Gasteiger partial charge in [-0.1, -0.05) is 12.1 Å². The zero-order valence-corrected chi connectivity index (χ0v) is 16.5. The molecule has 0 aliphatic carbocycles. The summed E-state index contributed by atoms with van der Waals surface area (Å²) in [5.41, 5.74) is 0.656. The van der Waals surface area contributed by atoms with Crippen LogP contribution in [0.4, 0.5) is 18.9 Å². The van der Waals surface area contributed by atoms with E-state index in [2.05, 4.69) is 26.0 Å². The van der Waals surface area contributed by atoms with Gasteiger partial charge in [-0.15, -0.1) is 13.2 Å². The number of nitro benzene ring substituents is 1. The fourth-order valence-electron chi connectivity index (χ4n) is 3.30. The van der Waals surface area contributed by atoms with Crippen molar-refractivity contribution in [3.63, 3.8) is 0 Å². The predicted octanol–water partition coefficient (Wildman–Crippen LogP) is 3.96. The first kappa shape index (κ1) is 21.3. The second-order valence-corrected chi connectivity index (χ2v) is 7.28. The molecule has 1 saturated heterocycles. The molecule has 0 radical (unpaired) electrons. The van der Waals surface area contributed by atoms with Gasteiger partial charge in [0.15, 0.2) is 0 Å². The molecule has 0 spiro atoms. The summed E-state index contributed by atoms with van der Waals surface area (Å²) in [6.45, 7) is 2.52. The van der Waals surface area contributed by atoms with E-state index in [9.17, 15) is 28.4 Å². The van der Waals surface area contributed by atoms with Gasteiger partial charge in [0, 0.05) is 43.9 Å². The van der Waals surface area contributed by atoms with Crippen LogP contribution in [0.25, 0.3) is 0 Å². The summed E-state index contributed by atoms with van der Waals surface area (Å²) in [5.74, 6) is -0.528. The number of nitro groups is 1. The molecule has 0 aromatic heterocycles. The number of hydrogen-bond donors (Lipinski definition) is 2. The number of nitrogens with one attached hydrogen (secondary N) is 1. The Balaban J connectivity index is 2.05. The minimum atomic E-state index is -4.80. The number of hydrogen-bond acceptors (Lipinski definition) is 6. The van der Waals surface area contributed by atoms with Crippen LogP contribution in [0.2, 0.25) is 0 Å². The van der Waals surface area contributed by atoms with E-state index in [1.807, 2.05) is 4.90 Å². The molecule has 3 rings (SSSR count). The number of phenolic OH excluding ortho intramolecular Hbond substituents is 1. The van der Waals surface area contributed by atoms with E-state index < -0.39 is 17.3 Å². The van der Waals surface area contributed by atoms with Crippen molar-refractivity contribution in [2.75, 3.05) is 26.2 Å². The molecule has 1 heterocycles. The average molecular weight is 476 g/mol. The van der Waals surface area contributed by atoms with Crippen LogP contribution in [0.5, 0.6) is 11.5 Å². The predicted molar refractivity (Wildman–Crippen MR) is 102 cm³/mol. The summed E-state index contributed by atoms with van der Waals surface area (Å²) in [5, 5.41) is 25.1. The van der Waals surface area contributed by atoms with Crippen molar-refractivity contribution >= 4 is 21.6 Å². The van der Waals surface area contributed by atoms with E-state index in [1.165, 1.54) is 36.4 Å². The number of aromatic hydroxyl groups is 1. The number of halogens is 4. The fraction of sp³-hybridized carbons (Fsp3) is 0.333. The molecule has 1 aliphatic heterocycles. The fourth-order valence-corrected chi connectivity index (χ4v) is 3.76. The number of ether oxygens (including phenoxy) is 1. The molecule has 1 fully saturated rings. The first-order chi connectivity index (χ1) is 13.7. The van der Waals surface area contributed by atoms with Gasteiger partial charge in [0.1, 0.15) is 11.5 Å². The van der Waals surface area contributed by atoms with E-state index in [0.29, 0.717) is 31.7 Å². The van der Waals surface area contributed by atoms with Crippen molar-refractivity contribution in [3.8, 4) is 11.5 Å². The molecule has 7 nitrogen and oxygen atoms in total. The Bertz CT molecular complexity index is 887. The topological polar surface area (TPSA) is 87.9 Å². The monoisotopic (exact) mass is 475 g/mol. The van der Waals surface area contributed by atoms with Crippen LogP contribution in [-0.2, 0) is 0 Å². The summed E-state index contributed by atoms with van der Waals surface area (Å²) in [7, 11) is 0. The largest absolute Gasteiger partial charge is 0.573 e. The maximum atomic E-state index is 12.4. The SMILES string of the molecule is O=[N+]([O-])c1cc(Br)c(O)c([C@@H](c2ccc(OC(F)(F)F)cc2)N2CCNCC2)c1. The number of alkyl halides is 3. The Kier molecular flexibility index (Phi) is 6.30. The standard InChI is InChI=1S/C18H17BrF3N3O4/c19-15-10-12(25(27)28)9-14(17(15)26)16(24-7-5-23-6-8-24)11-1-3-13(4-2-11)29-18(20,21)22/h1-4,9-10,16,23,26H,5-8H2/t16-/m1/s1. The minimum absolute atomic E-state index is 0.158. The first-order valence-corrected chi connectivity index (χ1v) is 9.42. The Morgan fingerprint density at radius 3 is 2.38 bits per heavy atom. The summed E-state index contributed by atoms with van der Waals surface area (Å²) in [6, 6.07) is 7.18.